The van der Waals surface area contributed by atoms with Gasteiger partial charge in [0.1, 0.15) is 5.75 Å². The summed E-state index contributed by atoms with van der Waals surface area (Å²) in [4.78, 5) is 6.78. The monoisotopic (exact) mass is 389 g/mol. The highest BCUT2D eigenvalue weighted by molar-refractivity contribution is 7.91. The minimum atomic E-state index is -3.33. The van der Waals surface area contributed by atoms with Crippen LogP contribution in [0.5, 0.6) is 5.75 Å². The zero-order valence-electron chi connectivity index (χ0n) is 16.1. The second kappa shape index (κ2) is 9.97. The number of methoxy groups -OCH3 is 1. The first kappa shape index (κ1) is 20.8. The zero-order valence-corrected chi connectivity index (χ0v) is 16.9. The number of ether oxygens (including phenoxy) is 1. The van der Waals surface area contributed by atoms with Crippen LogP contribution < -0.4 is 10.1 Å². The summed E-state index contributed by atoms with van der Waals surface area (Å²) in [6.07, 6.45) is 0. The first-order chi connectivity index (χ1) is 13.0. The van der Waals surface area contributed by atoms with Gasteiger partial charge in [0.25, 0.3) is 0 Å². The highest BCUT2D eigenvalue weighted by atomic mass is 32.2. The maximum Gasteiger partial charge on any atom is 0.193 e. The van der Waals surface area contributed by atoms with Gasteiger partial charge in [0.2, 0.25) is 0 Å². The molecule has 146 valence electrons. The molecule has 0 fully saturated rings. The average molecular weight is 390 g/mol. The van der Waals surface area contributed by atoms with Crippen molar-refractivity contribution >= 4 is 15.8 Å². The minimum Gasteiger partial charge on any atom is -0.497 e. The van der Waals surface area contributed by atoms with Crippen LogP contribution in [-0.2, 0) is 16.4 Å². The predicted octanol–water partition coefficient (Wildman–Crippen LogP) is 2.57. The molecule has 0 aliphatic carbocycles. The topological polar surface area (TPSA) is 71.0 Å². The molecule has 2 rings (SSSR count). The van der Waals surface area contributed by atoms with E-state index in [1.807, 2.05) is 43.1 Å². The Morgan fingerprint density at radius 3 is 2.37 bits per heavy atom. The van der Waals surface area contributed by atoms with Crippen molar-refractivity contribution in [1.82, 2.24) is 10.2 Å². The number of hydrogen-bond acceptors (Lipinski definition) is 4. The van der Waals surface area contributed by atoms with E-state index in [1.54, 1.807) is 37.4 Å². The van der Waals surface area contributed by atoms with Crippen molar-refractivity contribution in [3.63, 3.8) is 0 Å². The van der Waals surface area contributed by atoms with Crippen molar-refractivity contribution in [2.24, 2.45) is 4.99 Å². The Balaban J connectivity index is 2.02. The van der Waals surface area contributed by atoms with Crippen molar-refractivity contribution in [3.8, 4) is 5.75 Å². The molecule has 0 spiro atoms. The molecule has 2 aromatic rings. The van der Waals surface area contributed by atoms with Gasteiger partial charge in [-0.2, -0.15) is 0 Å². The number of hydrogen-bond donors (Lipinski definition) is 1. The second-order valence-corrected chi connectivity index (χ2v) is 8.18. The van der Waals surface area contributed by atoms with Gasteiger partial charge in [-0.3, -0.25) is 4.99 Å². The van der Waals surface area contributed by atoms with Gasteiger partial charge in [-0.1, -0.05) is 30.3 Å². The lowest BCUT2D eigenvalue weighted by molar-refractivity contribution is 0.414. The molecule has 2 aromatic carbocycles. The quantitative estimate of drug-likeness (QED) is 0.555. The van der Waals surface area contributed by atoms with Crippen LogP contribution in [0.3, 0.4) is 0 Å². The largest absolute Gasteiger partial charge is 0.497 e. The summed E-state index contributed by atoms with van der Waals surface area (Å²) >= 11 is 0. The maximum absolute atomic E-state index is 12.4. The molecule has 0 saturated heterocycles. The fourth-order valence-corrected chi connectivity index (χ4v) is 3.71. The van der Waals surface area contributed by atoms with Crippen molar-refractivity contribution in [3.05, 3.63) is 60.2 Å². The van der Waals surface area contributed by atoms with Crippen LogP contribution in [0.25, 0.3) is 0 Å². The molecule has 0 unspecified atom stereocenters. The van der Waals surface area contributed by atoms with Gasteiger partial charge in [0.15, 0.2) is 15.8 Å². The number of nitrogens with one attached hydrogen (secondary N) is 1. The lowest BCUT2D eigenvalue weighted by Crippen LogP contribution is -2.38. The Morgan fingerprint density at radius 2 is 1.78 bits per heavy atom. The SMILES string of the molecule is CCNC(=NCCS(=O)(=O)c1ccccc1)N(C)Cc1ccc(OC)cc1. The fraction of sp³-hybridized carbons (Fsp3) is 0.350. The third-order valence-corrected chi connectivity index (χ3v) is 5.71. The number of guanidine groups is 1. The van der Waals surface area contributed by atoms with Crippen molar-refractivity contribution in [1.29, 1.82) is 0 Å². The van der Waals surface area contributed by atoms with E-state index in [9.17, 15) is 8.42 Å². The summed E-state index contributed by atoms with van der Waals surface area (Å²) in [5.41, 5.74) is 1.11. The van der Waals surface area contributed by atoms with E-state index >= 15 is 0 Å². The van der Waals surface area contributed by atoms with Crippen LogP contribution in [0.1, 0.15) is 12.5 Å². The second-order valence-electron chi connectivity index (χ2n) is 6.07. The van der Waals surface area contributed by atoms with Crippen molar-refractivity contribution < 1.29 is 13.2 Å². The van der Waals surface area contributed by atoms with Gasteiger partial charge in [0, 0.05) is 20.1 Å². The molecule has 27 heavy (non-hydrogen) atoms. The smallest absolute Gasteiger partial charge is 0.193 e. The highest BCUT2D eigenvalue weighted by Crippen LogP contribution is 2.13. The highest BCUT2D eigenvalue weighted by Gasteiger charge is 2.14. The molecular weight excluding hydrogens is 362 g/mol. The van der Waals surface area contributed by atoms with Crippen LogP contribution in [-0.4, -0.2) is 52.3 Å². The molecule has 0 aliphatic heterocycles. The number of aliphatic imine (C=N–C) groups is 1. The first-order valence-corrected chi connectivity index (χ1v) is 10.5. The summed E-state index contributed by atoms with van der Waals surface area (Å²) in [6.45, 7) is 3.54. The van der Waals surface area contributed by atoms with E-state index in [0.717, 1.165) is 11.3 Å². The summed E-state index contributed by atoms with van der Waals surface area (Å²) in [5.74, 6) is 1.46. The van der Waals surface area contributed by atoms with Gasteiger partial charge >= 0.3 is 0 Å². The van der Waals surface area contributed by atoms with Crippen LogP contribution in [0.2, 0.25) is 0 Å². The van der Waals surface area contributed by atoms with Crippen LogP contribution in [0, 0.1) is 0 Å². The van der Waals surface area contributed by atoms with Gasteiger partial charge in [-0.05, 0) is 36.8 Å². The van der Waals surface area contributed by atoms with E-state index in [2.05, 4.69) is 10.3 Å². The molecule has 0 aromatic heterocycles. The minimum absolute atomic E-state index is 0.0255. The summed E-state index contributed by atoms with van der Waals surface area (Å²) < 4.78 is 29.9. The van der Waals surface area contributed by atoms with Crippen molar-refractivity contribution in [2.45, 2.75) is 18.4 Å². The molecule has 0 heterocycles. The molecule has 0 saturated carbocycles. The Hall–Kier alpha value is -2.54. The number of sulfone groups is 1. The van der Waals surface area contributed by atoms with E-state index < -0.39 is 9.84 Å². The number of nitrogens with zero attached hydrogens (tertiary/aromatic N) is 2. The summed E-state index contributed by atoms with van der Waals surface area (Å²) in [7, 11) is 0.237. The van der Waals surface area contributed by atoms with Gasteiger partial charge < -0.3 is 15.0 Å². The van der Waals surface area contributed by atoms with Crippen LogP contribution in [0.15, 0.2) is 64.5 Å². The zero-order chi connectivity index (χ0) is 19.7. The normalized spacial score (nSPS) is 11.9. The molecule has 7 heteroatoms. The lowest BCUT2D eigenvalue weighted by atomic mass is 10.2. The Labute approximate surface area is 161 Å². The molecule has 0 aliphatic rings. The average Bonchev–Trinajstić information content (AvgIpc) is 2.68. The van der Waals surface area contributed by atoms with E-state index in [-0.39, 0.29) is 12.3 Å². The molecular formula is C20H27N3O3S. The fourth-order valence-electron chi connectivity index (χ4n) is 2.57. The summed E-state index contributed by atoms with van der Waals surface area (Å²) in [5, 5.41) is 3.21. The predicted molar refractivity (Wildman–Crippen MR) is 109 cm³/mol. The third kappa shape index (κ3) is 6.29. The molecule has 0 atom stereocenters. The molecule has 1 N–H and O–H groups in total. The molecule has 0 radical (unpaired) electrons. The summed E-state index contributed by atoms with van der Waals surface area (Å²) in [6, 6.07) is 16.3. The Kier molecular flexibility index (Phi) is 7.67. The van der Waals surface area contributed by atoms with Gasteiger partial charge in [0.05, 0.1) is 24.3 Å². The Bertz CT molecular complexity index is 835. The first-order valence-electron chi connectivity index (χ1n) is 8.86. The number of rotatable bonds is 8. The molecule has 0 bridgehead atoms. The van der Waals surface area contributed by atoms with E-state index in [4.69, 9.17) is 4.74 Å². The van der Waals surface area contributed by atoms with E-state index in [1.165, 1.54) is 0 Å². The standard InChI is InChI=1S/C20H27N3O3S/c1-4-21-20(23(2)16-17-10-12-18(26-3)13-11-17)22-14-15-27(24,25)19-8-6-5-7-9-19/h5-13H,4,14-16H2,1-3H3,(H,21,22). The van der Waals surface area contributed by atoms with Crippen molar-refractivity contribution in [2.75, 3.05) is 33.0 Å². The van der Waals surface area contributed by atoms with Crippen LogP contribution >= 0.6 is 0 Å². The van der Waals surface area contributed by atoms with Gasteiger partial charge in [-0.25, -0.2) is 8.42 Å². The Morgan fingerprint density at radius 1 is 1.11 bits per heavy atom. The molecule has 0 amide bonds. The third-order valence-electron chi connectivity index (χ3n) is 4.00. The maximum atomic E-state index is 12.4. The lowest BCUT2D eigenvalue weighted by Gasteiger charge is -2.22. The van der Waals surface area contributed by atoms with Crippen LogP contribution in [0.4, 0.5) is 0 Å². The van der Waals surface area contributed by atoms with E-state index in [0.29, 0.717) is 23.9 Å². The molecule has 6 nitrogen and oxygen atoms in total. The number of benzene rings is 2. The van der Waals surface area contributed by atoms with Gasteiger partial charge in [-0.15, -0.1) is 0 Å².